The molecule has 0 atom stereocenters. The van der Waals surface area contributed by atoms with Crippen molar-refractivity contribution < 1.29 is 14.3 Å². The molecule has 1 aromatic heterocycles. The third-order valence-corrected chi connectivity index (χ3v) is 6.85. The zero-order chi connectivity index (χ0) is 23.2. The van der Waals surface area contributed by atoms with Gasteiger partial charge in [-0.3, -0.25) is 14.5 Å². The molecule has 1 fully saturated rings. The average Bonchev–Trinajstić information content (AvgIpc) is 3.28. The van der Waals surface area contributed by atoms with E-state index in [0.717, 1.165) is 31.8 Å². The summed E-state index contributed by atoms with van der Waals surface area (Å²) in [5.41, 5.74) is 2.18. The molecule has 1 N–H and O–H groups in total. The van der Waals surface area contributed by atoms with Crippen molar-refractivity contribution in [2.45, 2.75) is 13.0 Å². The second-order valence-corrected chi connectivity index (χ2v) is 9.25. The number of halogens is 1. The summed E-state index contributed by atoms with van der Waals surface area (Å²) in [5, 5.41) is 5.06. The molecule has 172 valence electrons. The molecule has 4 rings (SSSR count). The number of ether oxygens (including phenoxy) is 1. The van der Waals surface area contributed by atoms with Crippen LogP contribution < -0.4 is 10.1 Å². The molecule has 6 nitrogen and oxygen atoms in total. The van der Waals surface area contributed by atoms with Gasteiger partial charge in [0.05, 0.1) is 22.7 Å². The summed E-state index contributed by atoms with van der Waals surface area (Å²) in [5.74, 6) is 0.560. The lowest BCUT2D eigenvalue weighted by Gasteiger charge is -2.22. The summed E-state index contributed by atoms with van der Waals surface area (Å²) in [6.07, 6.45) is 0.900. The van der Waals surface area contributed by atoms with Crippen molar-refractivity contribution in [3.05, 3.63) is 81.0 Å². The van der Waals surface area contributed by atoms with Gasteiger partial charge in [-0.05, 0) is 53.8 Å². The maximum Gasteiger partial charge on any atom is 0.265 e. The lowest BCUT2D eigenvalue weighted by Crippen LogP contribution is -2.35. The van der Waals surface area contributed by atoms with Crippen molar-refractivity contribution in [3.8, 4) is 5.75 Å². The summed E-state index contributed by atoms with van der Waals surface area (Å²) in [6.45, 7) is 3.91. The van der Waals surface area contributed by atoms with E-state index in [0.29, 0.717) is 34.2 Å². The quantitative estimate of drug-likeness (QED) is 0.535. The summed E-state index contributed by atoms with van der Waals surface area (Å²) in [4.78, 5) is 30.4. The van der Waals surface area contributed by atoms with Crippen LogP contribution in [0.3, 0.4) is 0 Å². The number of benzene rings is 2. The monoisotopic (exact) mass is 483 g/mol. The topological polar surface area (TPSA) is 61.9 Å². The fraction of sp³-hybridized carbons (Fsp3) is 0.280. The van der Waals surface area contributed by atoms with Crippen LogP contribution in [0.2, 0.25) is 5.02 Å². The van der Waals surface area contributed by atoms with Gasteiger partial charge in [0.2, 0.25) is 0 Å². The Labute approximate surface area is 202 Å². The Hall–Kier alpha value is -2.87. The van der Waals surface area contributed by atoms with Gasteiger partial charge < -0.3 is 15.0 Å². The number of thiophene rings is 1. The first kappa shape index (κ1) is 23.3. The number of nitrogens with zero attached hydrogens (tertiary/aromatic N) is 2. The average molecular weight is 484 g/mol. The van der Waals surface area contributed by atoms with Crippen LogP contribution in [0, 0.1) is 0 Å². The summed E-state index contributed by atoms with van der Waals surface area (Å²) < 4.78 is 5.23. The predicted molar refractivity (Wildman–Crippen MR) is 133 cm³/mol. The minimum atomic E-state index is -0.236. The number of carbonyl (C=O) groups excluding carboxylic acids is 2. The van der Waals surface area contributed by atoms with Crippen molar-refractivity contribution >= 4 is 40.4 Å². The molecule has 1 saturated heterocycles. The smallest absolute Gasteiger partial charge is 0.265 e. The first-order chi connectivity index (χ1) is 16.0. The molecule has 0 spiro atoms. The second-order valence-electron chi connectivity index (χ2n) is 7.90. The molecular formula is C25H26ClN3O3S. The minimum absolute atomic E-state index is 0.0513. The van der Waals surface area contributed by atoms with Gasteiger partial charge in [0.1, 0.15) is 5.75 Å². The molecule has 0 saturated carbocycles. The minimum Gasteiger partial charge on any atom is -0.497 e. The van der Waals surface area contributed by atoms with E-state index in [2.05, 4.69) is 22.3 Å². The van der Waals surface area contributed by atoms with E-state index in [9.17, 15) is 9.59 Å². The van der Waals surface area contributed by atoms with Crippen molar-refractivity contribution in [1.29, 1.82) is 0 Å². The van der Waals surface area contributed by atoms with Gasteiger partial charge in [-0.2, -0.15) is 0 Å². The number of rotatable bonds is 6. The van der Waals surface area contributed by atoms with E-state index >= 15 is 0 Å². The number of anilines is 1. The van der Waals surface area contributed by atoms with E-state index in [1.165, 1.54) is 16.9 Å². The molecule has 2 amide bonds. The molecule has 0 aliphatic carbocycles. The second kappa shape index (κ2) is 10.8. The largest absolute Gasteiger partial charge is 0.497 e. The Kier molecular flexibility index (Phi) is 7.65. The molecule has 8 heteroatoms. The van der Waals surface area contributed by atoms with Crippen LogP contribution in [0.4, 0.5) is 5.69 Å². The van der Waals surface area contributed by atoms with Gasteiger partial charge in [0.15, 0.2) is 0 Å². The van der Waals surface area contributed by atoms with Gasteiger partial charge in [0.25, 0.3) is 11.8 Å². The summed E-state index contributed by atoms with van der Waals surface area (Å²) in [6, 6.07) is 16.7. The van der Waals surface area contributed by atoms with Crippen LogP contribution in [0.5, 0.6) is 5.75 Å². The number of methoxy groups -OCH3 is 1. The molecule has 0 bridgehead atoms. The molecule has 2 aromatic carbocycles. The normalized spacial score (nSPS) is 14.5. The molecule has 2 heterocycles. The van der Waals surface area contributed by atoms with Gasteiger partial charge in [-0.25, -0.2) is 0 Å². The van der Waals surface area contributed by atoms with Crippen molar-refractivity contribution in [2.24, 2.45) is 0 Å². The van der Waals surface area contributed by atoms with E-state index in [-0.39, 0.29) is 11.8 Å². The first-order valence-electron chi connectivity index (χ1n) is 10.8. The summed E-state index contributed by atoms with van der Waals surface area (Å²) in [7, 11) is 1.66. The van der Waals surface area contributed by atoms with Gasteiger partial charge in [0, 0.05) is 38.3 Å². The van der Waals surface area contributed by atoms with Crippen LogP contribution in [0.25, 0.3) is 0 Å². The van der Waals surface area contributed by atoms with E-state index in [4.69, 9.17) is 16.3 Å². The third kappa shape index (κ3) is 5.93. The number of nitrogens with one attached hydrogen (secondary N) is 1. The predicted octanol–water partition coefficient (Wildman–Crippen LogP) is 5.01. The number of carbonyl (C=O) groups is 2. The molecular weight excluding hydrogens is 458 g/mol. The standard InChI is InChI=1S/C25H26ClN3O3S/c1-32-20-8-5-18(6-9-20)17-28-11-3-12-29(14-13-28)25(31)19-7-10-21(26)22(16-19)27-24(30)23-4-2-15-33-23/h2,4-10,15-16H,3,11-14,17H2,1H3,(H,27,30). The van der Waals surface area contributed by atoms with Gasteiger partial charge >= 0.3 is 0 Å². The van der Waals surface area contributed by atoms with Gasteiger partial charge in [-0.15, -0.1) is 11.3 Å². The van der Waals surface area contributed by atoms with Crippen LogP contribution in [0.1, 0.15) is 32.0 Å². The highest BCUT2D eigenvalue weighted by molar-refractivity contribution is 7.12. The molecule has 0 unspecified atom stereocenters. The van der Waals surface area contributed by atoms with Crippen molar-refractivity contribution in [3.63, 3.8) is 0 Å². The van der Waals surface area contributed by atoms with E-state index in [1.807, 2.05) is 28.5 Å². The van der Waals surface area contributed by atoms with E-state index < -0.39 is 0 Å². The summed E-state index contributed by atoms with van der Waals surface area (Å²) >= 11 is 7.64. The Morgan fingerprint density at radius 2 is 1.88 bits per heavy atom. The van der Waals surface area contributed by atoms with Crippen LogP contribution in [0.15, 0.2) is 60.0 Å². The highest BCUT2D eigenvalue weighted by Crippen LogP contribution is 2.25. The maximum atomic E-state index is 13.2. The highest BCUT2D eigenvalue weighted by Gasteiger charge is 2.21. The van der Waals surface area contributed by atoms with Crippen LogP contribution >= 0.6 is 22.9 Å². The fourth-order valence-corrected chi connectivity index (χ4v) is 4.63. The van der Waals surface area contributed by atoms with Gasteiger partial charge in [-0.1, -0.05) is 29.8 Å². The molecule has 33 heavy (non-hydrogen) atoms. The lowest BCUT2D eigenvalue weighted by atomic mass is 10.1. The Balaban J connectivity index is 1.39. The highest BCUT2D eigenvalue weighted by atomic mass is 35.5. The molecule has 3 aromatic rings. The Morgan fingerprint density at radius 3 is 2.61 bits per heavy atom. The molecule has 1 aliphatic heterocycles. The van der Waals surface area contributed by atoms with Crippen LogP contribution in [-0.2, 0) is 6.54 Å². The van der Waals surface area contributed by atoms with E-state index in [1.54, 1.807) is 31.4 Å². The van der Waals surface area contributed by atoms with Crippen molar-refractivity contribution in [1.82, 2.24) is 9.80 Å². The zero-order valence-corrected chi connectivity index (χ0v) is 20.0. The Morgan fingerprint density at radius 1 is 1.06 bits per heavy atom. The third-order valence-electron chi connectivity index (χ3n) is 5.65. The fourth-order valence-electron chi connectivity index (χ4n) is 3.85. The molecule has 1 aliphatic rings. The number of hydrogen-bond donors (Lipinski definition) is 1. The Bertz CT molecular complexity index is 1100. The molecule has 0 radical (unpaired) electrons. The number of amides is 2. The first-order valence-corrected chi connectivity index (χ1v) is 12.1. The van der Waals surface area contributed by atoms with Crippen LogP contribution in [-0.4, -0.2) is 54.9 Å². The van der Waals surface area contributed by atoms with Crippen molar-refractivity contribution in [2.75, 3.05) is 38.6 Å². The number of hydrogen-bond acceptors (Lipinski definition) is 5. The lowest BCUT2D eigenvalue weighted by molar-refractivity contribution is 0.0761. The maximum absolute atomic E-state index is 13.2. The SMILES string of the molecule is COc1ccc(CN2CCCN(C(=O)c3ccc(Cl)c(NC(=O)c4cccs4)c3)CC2)cc1. The zero-order valence-electron chi connectivity index (χ0n) is 18.4.